The van der Waals surface area contributed by atoms with Gasteiger partial charge in [-0.2, -0.15) is 0 Å². The Kier molecular flexibility index (Phi) is 5.54. The van der Waals surface area contributed by atoms with E-state index in [9.17, 15) is 4.79 Å². The number of nitrogens with one attached hydrogen (secondary N) is 1. The van der Waals surface area contributed by atoms with E-state index >= 15 is 0 Å². The Morgan fingerprint density at radius 3 is 3.25 bits per heavy atom. The Morgan fingerprint density at radius 1 is 1.60 bits per heavy atom. The van der Waals surface area contributed by atoms with Gasteiger partial charge in [-0.05, 0) is 12.5 Å². The molecule has 0 bridgehead atoms. The van der Waals surface area contributed by atoms with E-state index in [2.05, 4.69) is 22.1 Å². The molecule has 1 aliphatic rings. The smallest absolute Gasteiger partial charge is 0.252 e. The van der Waals surface area contributed by atoms with E-state index in [-0.39, 0.29) is 12.5 Å². The van der Waals surface area contributed by atoms with Crippen molar-refractivity contribution in [1.29, 1.82) is 0 Å². The summed E-state index contributed by atoms with van der Waals surface area (Å²) in [5.41, 5.74) is 1.10. The van der Waals surface area contributed by atoms with Gasteiger partial charge in [-0.1, -0.05) is 11.8 Å². The highest BCUT2D eigenvalue weighted by Gasteiger charge is 2.17. The number of pyridine rings is 1. The fourth-order valence-electron chi connectivity index (χ4n) is 1.98. The lowest BCUT2D eigenvalue weighted by atomic mass is 10.1. The van der Waals surface area contributed by atoms with E-state index in [1.165, 1.54) is 0 Å². The van der Waals surface area contributed by atoms with E-state index in [0.29, 0.717) is 36.6 Å². The van der Waals surface area contributed by atoms with Crippen LogP contribution in [-0.2, 0) is 4.74 Å². The van der Waals surface area contributed by atoms with Crippen molar-refractivity contribution in [3.05, 3.63) is 29.6 Å². The lowest BCUT2D eigenvalue weighted by Gasteiger charge is -2.10. The van der Waals surface area contributed by atoms with Gasteiger partial charge < -0.3 is 15.2 Å². The molecule has 5 nitrogen and oxygen atoms in total. The summed E-state index contributed by atoms with van der Waals surface area (Å²) in [5, 5.41) is 11.6. The molecule has 2 rings (SSSR count). The lowest BCUT2D eigenvalue weighted by molar-refractivity contribution is 0.0944. The molecule has 2 N–H and O–H groups in total. The third-order valence-corrected chi connectivity index (χ3v) is 3.10. The van der Waals surface area contributed by atoms with Crippen LogP contribution < -0.4 is 5.32 Å². The van der Waals surface area contributed by atoms with Crippen LogP contribution in [0.2, 0.25) is 0 Å². The summed E-state index contributed by atoms with van der Waals surface area (Å²) in [6.45, 7) is 2.11. The Balaban J connectivity index is 1.99. The van der Waals surface area contributed by atoms with Gasteiger partial charge in [0.1, 0.15) is 0 Å². The monoisotopic (exact) mass is 274 g/mol. The summed E-state index contributed by atoms with van der Waals surface area (Å²) in [5.74, 6) is 5.92. The molecule has 1 aromatic rings. The molecule has 5 heteroatoms. The topological polar surface area (TPSA) is 71.5 Å². The number of hydrogen-bond donors (Lipinski definition) is 2. The molecule has 0 saturated carbocycles. The van der Waals surface area contributed by atoms with Crippen LogP contribution in [0.5, 0.6) is 0 Å². The first-order valence-corrected chi connectivity index (χ1v) is 6.71. The SMILES string of the molecule is O=C(NCC1CCOC1)c1ccncc1C#CCCO. The van der Waals surface area contributed by atoms with Gasteiger partial charge in [0.15, 0.2) is 0 Å². The molecule has 1 fully saturated rings. The number of carbonyl (C=O) groups excluding carboxylic acids is 1. The van der Waals surface area contributed by atoms with Crippen molar-refractivity contribution < 1.29 is 14.6 Å². The molecule has 106 valence electrons. The van der Waals surface area contributed by atoms with Gasteiger partial charge in [0.2, 0.25) is 0 Å². The highest BCUT2D eigenvalue weighted by molar-refractivity contribution is 5.96. The van der Waals surface area contributed by atoms with Crippen molar-refractivity contribution in [2.75, 3.05) is 26.4 Å². The van der Waals surface area contributed by atoms with Crippen molar-refractivity contribution in [1.82, 2.24) is 10.3 Å². The molecule has 0 aliphatic carbocycles. The Hall–Kier alpha value is -1.90. The molecule has 1 atom stereocenters. The molecule has 2 heterocycles. The molecule has 1 unspecified atom stereocenters. The predicted octanol–water partition coefficient (Wildman–Crippen LogP) is 0.582. The van der Waals surface area contributed by atoms with Crippen molar-refractivity contribution in [2.24, 2.45) is 5.92 Å². The van der Waals surface area contributed by atoms with Crippen molar-refractivity contribution in [3.8, 4) is 11.8 Å². The van der Waals surface area contributed by atoms with Gasteiger partial charge >= 0.3 is 0 Å². The van der Waals surface area contributed by atoms with Crippen LogP contribution in [0.1, 0.15) is 28.8 Å². The predicted molar refractivity (Wildman–Crippen MR) is 74.1 cm³/mol. The zero-order chi connectivity index (χ0) is 14.2. The number of aliphatic hydroxyl groups excluding tert-OH is 1. The number of amides is 1. The minimum absolute atomic E-state index is 0.0104. The van der Waals surface area contributed by atoms with Gasteiger partial charge in [-0.15, -0.1) is 0 Å². The number of aliphatic hydroxyl groups is 1. The van der Waals surface area contributed by atoms with Crippen LogP contribution in [0.15, 0.2) is 18.5 Å². The molecule has 0 spiro atoms. The maximum Gasteiger partial charge on any atom is 0.252 e. The molecule has 1 aliphatic heterocycles. The number of nitrogens with zero attached hydrogens (tertiary/aromatic N) is 1. The van der Waals surface area contributed by atoms with Crippen LogP contribution in [0, 0.1) is 17.8 Å². The number of hydrogen-bond acceptors (Lipinski definition) is 4. The summed E-state index contributed by atoms with van der Waals surface area (Å²) in [6, 6.07) is 1.66. The fraction of sp³-hybridized carbons (Fsp3) is 0.467. The minimum atomic E-state index is -0.146. The largest absolute Gasteiger partial charge is 0.395 e. The molecule has 1 saturated heterocycles. The zero-order valence-corrected chi connectivity index (χ0v) is 11.3. The average molecular weight is 274 g/mol. The second-order valence-electron chi connectivity index (χ2n) is 4.64. The maximum atomic E-state index is 12.2. The minimum Gasteiger partial charge on any atom is -0.395 e. The van der Waals surface area contributed by atoms with Gasteiger partial charge in [-0.25, -0.2) is 0 Å². The Morgan fingerprint density at radius 2 is 2.50 bits per heavy atom. The molecule has 20 heavy (non-hydrogen) atoms. The summed E-state index contributed by atoms with van der Waals surface area (Å²) in [6.07, 6.45) is 4.51. The summed E-state index contributed by atoms with van der Waals surface area (Å²) >= 11 is 0. The summed E-state index contributed by atoms with van der Waals surface area (Å²) < 4.78 is 5.28. The highest BCUT2D eigenvalue weighted by Crippen LogP contribution is 2.11. The van der Waals surface area contributed by atoms with Crippen LogP contribution in [0.25, 0.3) is 0 Å². The molecule has 1 amide bonds. The van der Waals surface area contributed by atoms with Gasteiger partial charge in [0, 0.05) is 37.9 Å². The molecule has 1 aromatic heterocycles. The van der Waals surface area contributed by atoms with Gasteiger partial charge in [0.05, 0.1) is 24.3 Å². The second-order valence-corrected chi connectivity index (χ2v) is 4.64. The quantitative estimate of drug-likeness (QED) is 0.788. The van der Waals surface area contributed by atoms with Crippen molar-refractivity contribution in [3.63, 3.8) is 0 Å². The zero-order valence-electron chi connectivity index (χ0n) is 11.3. The normalized spacial score (nSPS) is 17.4. The van der Waals surface area contributed by atoms with E-state index in [1.54, 1.807) is 18.5 Å². The number of carbonyl (C=O) groups is 1. The molecule has 0 aromatic carbocycles. The first-order chi connectivity index (χ1) is 9.81. The van der Waals surface area contributed by atoms with E-state index in [1.807, 2.05) is 0 Å². The highest BCUT2D eigenvalue weighted by atomic mass is 16.5. The lowest BCUT2D eigenvalue weighted by Crippen LogP contribution is -2.30. The Labute approximate surface area is 118 Å². The fourth-order valence-corrected chi connectivity index (χ4v) is 1.98. The van der Waals surface area contributed by atoms with E-state index < -0.39 is 0 Å². The van der Waals surface area contributed by atoms with Crippen molar-refractivity contribution in [2.45, 2.75) is 12.8 Å². The van der Waals surface area contributed by atoms with Crippen LogP contribution >= 0.6 is 0 Å². The summed E-state index contributed by atoms with van der Waals surface area (Å²) in [7, 11) is 0. The maximum absolute atomic E-state index is 12.2. The molecular weight excluding hydrogens is 256 g/mol. The van der Waals surface area contributed by atoms with Gasteiger partial charge in [0.25, 0.3) is 5.91 Å². The summed E-state index contributed by atoms with van der Waals surface area (Å²) in [4.78, 5) is 16.1. The van der Waals surface area contributed by atoms with Crippen molar-refractivity contribution >= 4 is 5.91 Å². The standard InChI is InChI=1S/C15H18N2O3/c18-7-2-1-3-13-10-16-6-4-14(13)15(19)17-9-12-5-8-20-11-12/h4,6,10,12,18H,2,5,7-9,11H2,(H,17,19). The second kappa shape index (κ2) is 7.63. The molecule has 0 radical (unpaired) electrons. The van der Waals surface area contributed by atoms with E-state index in [4.69, 9.17) is 9.84 Å². The number of aromatic nitrogens is 1. The first-order valence-electron chi connectivity index (χ1n) is 6.71. The van der Waals surface area contributed by atoms with Gasteiger partial charge in [-0.3, -0.25) is 9.78 Å². The molecular formula is C15H18N2O3. The Bertz CT molecular complexity index is 513. The number of ether oxygens (including phenoxy) is 1. The van der Waals surface area contributed by atoms with Crippen LogP contribution in [0.3, 0.4) is 0 Å². The third kappa shape index (κ3) is 4.05. The average Bonchev–Trinajstić information content (AvgIpc) is 2.99. The first kappa shape index (κ1) is 14.5. The van der Waals surface area contributed by atoms with Crippen LogP contribution in [-0.4, -0.2) is 42.4 Å². The third-order valence-electron chi connectivity index (χ3n) is 3.10. The van der Waals surface area contributed by atoms with Crippen LogP contribution in [0.4, 0.5) is 0 Å². The number of rotatable bonds is 4. The van der Waals surface area contributed by atoms with E-state index in [0.717, 1.165) is 13.0 Å².